The van der Waals surface area contributed by atoms with Gasteiger partial charge in [0.05, 0.1) is 32.6 Å². The fourth-order valence-corrected chi connectivity index (χ4v) is 1.74. The molecule has 0 radical (unpaired) electrons. The predicted molar refractivity (Wildman–Crippen MR) is 64.5 cm³/mol. The number of hydrogen-bond donors (Lipinski definition) is 1. The fraction of sp³-hybridized carbons (Fsp3) is 0.750. The van der Waals surface area contributed by atoms with Crippen molar-refractivity contribution in [2.24, 2.45) is 0 Å². The van der Waals surface area contributed by atoms with Crippen molar-refractivity contribution in [3.05, 3.63) is 17.8 Å². The van der Waals surface area contributed by atoms with Crippen LogP contribution in [0.25, 0.3) is 0 Å². The summed E-state index contributed by atoms with van der Waals surface area (Å²) in [6, 6.07) is 0. The monoisotopic (exact) mass is 256 g/mol. The van der Waals surface area contributed by atoms with Crippen molar-refractivity contribution in [1.82, 2.24) is 10.3 Å². The van der Waals surface area contributed by atoms with Crippen molar-refractivity contribution in [1.29, 1.82) is 0 Å². The highest BCUT2D eigenvalue weighted by molar-refractivity contribution is 4.99. The first kappa shape index (κ1) is 13.5. The number of oxazole rings is 1. The summed E-state index contributed by atoms with van der Waals surface area (Å²) in [7, 11) is 1.69. The second-order valence-electron chi connectivity index (χ2n) is 4.08. The highest BCUT2D eigenvalue weighted by Crippen LogP contribution is 2.21. The van der Waals surface area contributed by atoms with Gasteiger partial charge in [-0.05, 0) is 0 Å². The Kier molecular flexibility index (Phi) is 5.60. The lowest BCUT2D eigenvalue weighted by Crippen LogP contribution is -2.22. The molecule has 6 heteroatoms. The molecule has 2 heterocycles. The van der Waals surface area contributed by atoms with Gasteiger partial charge in [0, 0.05) is 26.6 Å². The molecule has 18 heavy (non-hydrogen) atoms. The number of nitrogens with zero attached hydrogens (tertiary/aromatic N) is 1. The second kappa shape index (κ2) is 7.48. The topological polar surface area (TPSA) is 65.8 Å². The minimum absolute atomic E-state index is 0.110. The fourth-order valence-electron chi connectivity index (χ4n) is 1.74. The van der Waals surface area contributed by atoms with Gasteiger partial charge in [-0.25, -0.2) is 4.98 Å². The van der Waals surface area contributed by atoms with Crippen LogP contribution in [0.2, 0.25) is 0 Å². The summed E-state index contributed by atoms with van der Waals surface area (Å²) in [6.07, 6.45) is 2.38. The number of aromatic nitrogens is 1. The van der Waals surface area contributed by atoms with E-state index in [0.717, 1.165) is 31.2 Å². The Morgan fingerprint density at radius 3 is 3.17 bits per heavy atom. The maximum atomic E-state index is 5.64. The van der Waals surface area contributed by atoms with Crippen LogP contribution in [0.1, 0.15) is 17.8 Å². The van der Waals surface area contributed by atoms with E-state index < -0.39 is 0 Å². The molecule has 0 saturated carbocycles. The van der Waals surface area contributed by atoms with Gasteiger partial charge in [-0.3, -0.25) is 0 Å². The van der Waals surface area contributed by atoms with Gasteiger partial charge < -0.3 is 23.9 Å². The van der Waals surface area contributed by atoms with E-state index in [-0.39, 0.29) is 6.10 Å². The Balaban J connectivity index is 1.72. The minimum atomic E-state index is -0.110. The maximum absolute atomic E-state index is 5.64. The van der Waals surface area contributed by atoms with E-state index in [1.54, 1.807) is 13.3 Å². The molecule has 0 aromatic carbocycles. The van der Waals surface area contributed by atoms with Crippen molar-refractivity contribution in [3.8, 4) is 0 Å². The van der Waals surface area contributed by atoms with Crippen molar-refractivity contribution in [2.75, 3.05) is 46.6 Å². The van der Waals surface area contributed by atoms with Crippen LogP contribution >= 0.6 is 0 Å². The quantitative estimate of drug-likeness (QED) is 0.718. The van der Waals surface area contributed by atoms with Gasteiger partial charge >= 0.3 is 0 Å². The van der Waals surface area contributed by atoms with Gasteiger partial charge in [-0.1, -0.05) is 0 Å². The zero-order valence-corrected chi connectivity index (χ0v) is 10.7. The van der Waals surface area contributed by atoms with E-state index in [1.807, 2.05) is 0 Å². The molecule has 1 saturated heterocycles. The van der Waals surface area contributed by atoms with Crippen LogP contribution in [0.5, 0.6) is 0 Å². The van der Waals surface area contributed by atoms with Crippen LogP contribution in [0.4, 0.5) is 0 Å². The summed E-state index contributed by atoms with van der Waals surface area (Å²) in [6.45, 7) is 4.18. The molecule has 1 aliphatic heterocycles. The third-order valence-electron chi connectivity index (χ3n) is 2.70. The Morgan fingerprint density at radius 1 is 1.44 bits per heavy atom. The smallest absolute Gasteiger partial charge is 0.195 e. The molecule has 0 aliphatic carbocycles. The molecule has 0 amide bonds. The third-order valence-corrected chi connectivity index (χ3v) is 2.70. The predicted octanol–water partition coefficient (Wildman–Crippen LogP) is 0.541. The average Bonchev–Trinajstić information content (AvgIpc) is 2.88. The zero-order chi connectivity index (χ0) is 12.6. The van der Waals surface area contributed by atoms with Crippen LogP contribution in [-0.2, 0) is 20.6 Å². The van der Waals surface area contributed by atoms with E-state index in [9.17, 15) is 0 Å². The van der Waals surface area contributed by atoms with Gasteiger partial charge in [0.15, 0.2) is 11.7 Å². The van der Waals surface area contributed by atoms with Crippen molar-refractivity contribution in [2.45, 2.75) is 12.5 Å². The van der Waals surface area contributed by atoms with Crippen LogP contribution in [0.15, 0.2) is 10.6 Å². The molecule has 1 aromatic rings. The summed E-state index contributed by atoms with van der Waals surface area (Å²) in [5, 5.41) is 3.24. The van der Waals surface area contributed by atoms with Crippen LogP contribution in [0, 0.1) is 0 Å². The highest BCUT2D eigenvalue weighted by atomic mass is 16.6. The Labute approximate surface area is 107 Å². The summed E-state index contributed by atoms with van der Waals surface area (Å²) in [5.74, 6) is 1.48. The first-order valence-corrected chi connectivity index (χ1v) is 6.23. The third kappa shape index (κ3) is 4.06. The second-order valence-corrected chi connectivity index (χ2v) is 4.08. The SMILES string of the molecule is COCCNCCc1ncc(C2COCCO2)o1. The van der Waals surface area contributed by atoms with Gasteiger partial charge in [0.2, 0.25) is 0 Å². The molecule has 6 nitrogen and oxygen atoms in total. The van der Waals surface area contributed by atoms with Crippen LogP contribution < -0.4 is 5.32 Å². The number of nitrogens with one attached hydrogen (secondary N) is 1. The standard InChI is InChI=1S/C12H20N2O4/c1-15-5-4-13-3-2-12-14-8-10(18-12)11-9-16-6-7-17-11/h8,11,13H,2-7,9H2,1H3. The van der Waals surface area contributed by atoms with Gasteiger partial charge in [-0.15, -0.1) is 0 Å². The summed E-state index contributed by atoms with van der Waals surface area (Å²) >= 11 is 0. The Hall–Kier alpha value is -0.950. The zero-order valence-electron chi connectivity index (χ0n) is 10.7. The van der Waals surface area contributed by atoms with E-state index >= 15 is 0 Å². The van der Waals surface area contributed by atoms with Gasteiger partial charge in [0.1, 0.15) is 6.10 Å². The molecule has 0 bridgehead atoms. The first-order valence-electron chi connectivity index (χ1n) is 6.23. The highest BCUT2D eigenvalue weighted by Gasteiger charge is 2.20. The molecule has 1 atom stereocenters. The molecule has 0 spiro atoms. The largest absolute Gasteiger partial charge is 0.443 e. The average molecular weight is 256 g/mol. The summed E-state index contributed by atoms with van der Waals surface area (Å²) < 4.78 is 21.5. The minimum Gasteiger partial charge on any atom is -0.443 e. The molecule has 2 rings (SSSR count). The van der Waals surface area contributed by atoms with E-state index in [0.29, 0.717) is 26.4 Å². The molecular weight excluding hydrogens is 236 g/mol. The molecule has 1 N–H and O–H groups in total. The summed E-state index contributed by atoms with van der Waals surface area (Å²) in [4.78, 5) is 4.24. The summed E-state index contributed by atoms with van der Waals surface area (Å²) in [5.41, 5.74) is 0. The lowest BCUT2D eigenvalue weighted by atomic mass is 10.3. The number of rotatable bonds is 7. The Bertz CT molecular complexity index is 337. The lowest BCUT2D eigenvalue weighted by Gasteiger charge is -2.20. The number of methoxy groups -OCH3 is 1. The van der Waals surface area contributed by atoms with E-state index in [4.69, 9.17) is 18.6 Å². The maximum Gasteiger partial charge on any atom is 0.195 e. The molecule has 1 aliphatic rings. The molecule has 1 aromatic heterocycles. The molecule has 1 fully saturated rings. The normalized spacial score (nSPS) is 20.2. The lowest BCUT2D eigenvalue weighted by molar-refractivity contribution is -0.0978. The van der Waals surface area contributed by atoms with Gasteiger partial charge in [0.25, 0.3) is 0 Å². The first-order chi connectivity index (χ1) is 8.90. The van der Waals surface area contributed by atoms with Crippen LogP contribution in [0.3, 0.4) is 0 Å². The van der Waals surface area contributed by atoms with Gasteiger partial charge in [-0.2, -0.15) is 0 Å². The molecule has 1 unspecified atom stereocenters. The molecular formula is C12H20N2O4. The number of hydrogen-bond acceptors (Lipinski definition) is 6. The van der Waals surface area contributed by atoms with Crippen molar-refractivity contribution >= 4 is 0 Å². The van der Waals surface area contributed by atoms with E-state index in [1.165, 1.54) is 0 Å². The van der Waals surface area contributed by atoms with Crippen molar-refractivity contribution < 1.29 is 18.6 Å². The van der Waals surface area contributed by atoms with Crippen LogP contribution in [-0.4, -0.2) is 51.6 Å². The number of ether oxygens (including phenoxy) is 3. The Morgan fingerprint density at radius 2 is 2.39 bits per heavy atom. The van der Waals surface area contributed by atoms with E-state index in [2.05, 4.69) is 10.3 Å². The molecule has 102 valence electrons. The van der Waals surface area contributed by atoms with Crippen molar-refractivity contribution in [3.63, 3.8) is 0 Å².